The second kappa shape index (κ2) is 5.82. The molecule has 5 heteroatoms. The maximum Gasteiger partial charge on any atom is 0.103 e. The van der Waals surface area contributed by atoms with Crippen molar-refractivity contribution in [2.24, 2.45) is 0 Å². The summed E-state index contributed by atoms with van der Waals surface area (Å²) in [5.74, 6) is 0. The molecule has 5 nitrogen and oxygen atoms in total. The predicted molar refractivity (Wildman–Crippen MR) is 86.5 cm³/mol. The summed E-state index contributed by atoms with van der Waals surface area (Å²) in [6.45, 7) is 4.65. The molecule has 0 atom stereocenters. The van der Waals surface area contributed by atoms with Gasteiger partial charge in [0.25, 0.3) is 0 Å². The molecule has 0 bridgehead atoms. The van der Waals surface area contributed by atoms with Crippen LogP contribution in [0.1, 0.15) is 28.2 Å². The highest BCUT2D eigenvalue weighted by Crippen LogP contribution is 2.28. The molecular formula is C18H15N5. The molecule has 0 spiro atoms. The molecule has 0 aliphatic carbocycles. The first-order valence-electron chi connectivity index (χ1n) is 7.24. The Morgan fingerprint density at radius 1 is 1.13 bits per heavy atom. The van der Waals surface area contributed by atoms with E-state index in [1.165, 1.54) is 0 Å². The Labute approximate surface area is 134 Å². The summed E-state index contributed by atoms with van der Waals surface area (Å²) >= 11 is 0. The van der Waals surface area contributed by atoms with Crippen molar-refractivity contribution in [2.75, 3.05) is 0 Å². The van der Waals surface area contributed by atoms with E-state index >= 15 is 0 Å². The van der Waals surface area contributed by atoms with Gasteiger partial charge in [-0.15, -0.1) is 0 Å². The maximum atomic E-state index is 9.11. The van der Waals surface area contributed by atoms with Crippen molar-refractivity contribution >= 4 is 0 Å². The number of H-pyrrole nitrogens is 1. The van der Waals surface area contributed by atoms with Crippen molar-refractivity contribution in [1.82, 2.24) is 14.8 Å². The van der Waals surface area contributed by atoms with E-state index in [4.69, 9.17) is 10.5 Å². The number of aromatic amines is 1. The van der Waals surface area contributed by atoms with Crippen LogP contribution in [0.2, 0.25) is 0 Å². The highest BCUT2D eigenvalue weighted by atomic mass is 15.1. The Morgan fingerprint density at radius 2 is 1.87 bits per heavy atom. The van der Waals surface area contributed by atoms with Gasteiger partial charge in [-0.1, -0.05) is 12.1 Å². The van der Waals surface area contributed by atoms with E-state index in [0.29, 0.717) is 17.7 Å². The molecule has 0 radical (unpaired) electrons. The fourth-order valence-corrected chi connectivity index (χ4v) is 2.75. The lowest BCUT2D eigenvalue weighted by molar-refractivity contribution is 0.726. The summed E-state index contributed by atoms with van der Waals surface area (Å²) in [7, 11) is 0. The van der Waals surface area contributed by atoms with Crippen molar-refractivity contribution in [3.63, 3.8) is 0 Å². The molecule has 0 aliphatic heterocycles. The highest BCUT2D eigenvalue weighted by Gasteiger charge is 2.14. The number of aromatic nitrogens is 3. The number of benzene rings is 1. The number of rotatable bonds is 3. The van der Waals surface area contributed by atoms with Crippen LogP contribution in [0, 0.1) is 36.5 Å². The van der Waals surface area contributed by atoms with Gasteiger partial charge in [-0.2, -0.15) is 15.6 Å². The van der Waals surface area contributed by atoms with Crippen LogP contribution in [0.15, 0.2) is 36.5 Å². The van der Waals surface area contributed by atoms with Crippen LogP contribution >= 0.6 is 0 Å². The molecule has 0 saturated carbocycles. The van der Waals surface area contributed by atoms with Crippen LogP contribution < -0.4 is 0 Å². The van der Waals surface area contributed by atoms with Gasteiger partial charge in [0.15, 0.2) is 0 Å². The van der Waals surface area contributed by atoms with Crippen molar-refractivity contribution in [3.05, 3.63) is 64.7 Å². The van der Waals surface area contributed by atoms with E-state index in [2.05, 4.69) is 39.9 Å². The van der Waals surface area contributed by atoms with Gasteiger partial charge < -0.3 is 4.57 Å². The van der Waals surface area contributed by atoms with E-state index < -0.39 is 0 Å². The zero-order valence-corrected chi connectivity index (χ0v) is 13.0. The van der Waals surface area contributed by atoms with Crippen LogP contribution in [-0.2, 0) is 6.54 Å². The third kappa shape index (κ3) is 2.61. The Hall–Kier alpha value is -3.31. The van der Waals surface area contributed by atoms with Gasteiger partial charge in [0.05, 0.1) is 29.4 Å². The van der Waals surface area contributed by atoms with E-state index in [0.717, 1.165) is 28.2 Å². The molecule has 3 aromatic rings. The summed E-state index contributed by atoms with van der Waals surface area (Å²) in [5.41, 5.74) is 6.37. The number of nitrogens with zero attached hydrogens (tertiary/aromatic N) is 4. The first-order valence-corrected chi connectivity index (χ1v) is 7.24. The van der Waals surface area contributed by atoms with Crippen molar-refractivity contribution < 1.29 is 0 Å². The number of hydrogen-bond acceptors (Lipinski definition) is 3. The van der Waals surface area contributed by atoms with E-state index in [-0.39, 0.29) is 0 Å². The molecule has 0 fully saturated rings. The number of hydrogen-bond donors (Lipinski definition) is 1. The number of nitriles is 2. The van der Waals surface area contributed by atoms with Crippen LogP contribution in [-0.4, -0.2) is 14.8 Å². The van der Waals surface area contributed by atoms with Gasteiger partial charge in [0.2, 0.25) is 0 Å². The van der Waals surface area contributed by atoms with Crippen LogP contribution in [0.4, 0.5) is 0 Å². The van der Waals surface area contributed by atoms with Crippen molar-refractivity contribution in [2.45, 2.75) is 20.4 Å². The zero-order chi connectivity index (χ0) is 16.4. The molecule has 2 heterocycles. The Morgan fingerprint density at radius 3 is 2.52 bits per heavy atom. The largest absolute Gasteiger partial charge is 0.342 e. The molecule has 23 heavy (non-hydrogen) atoms. The average molecular weight is 301 g/mol. The molecular weight excluding hydrogens is 286 g/mol. The standard InChI is InChI=1S/C18H15N5/c1-12-7-17(15-5-3-14(8-19)4-6-15)13(2)23(12)11-18-16(9-20)10-21-22-18/h3-7,10H,11H2,1-2H3,(H,21,22). The molecule has 1 N–H and O–H groups in total. The van der Waals surface area contributed by atoms with Gasteiger partial charge in [0, 0.05) is 23.1 Å². The summed E-state index contributed by atoms with van der Waals surface area (Å²) in [4.78, 5) is 0. The lowest BCUT2D eigenvalue weighted by Gasteiger charge is -2.08. The summed E-state index contributed by atoms with van der Waals surface area (Å²) in [5, 5.41) is 24.9. The minimum Gasteiger partial charge on any atom is -0.342 e. The first-order chi connectivity index (χ1) is 11.1. The molecule has 112 valence electrons. The van der Waals surface area contributed by atoms with Gasteiger partial charge in [-0.3, -0.25) is 5.10 Å². The molecule has 1 aromatic carbocycles. The lowest BCUT2D eigenvalue weighted by Crippen LogP contribution is -2.05. The van der Waals surface area contributed by atoms with Gasteiger partial charge in [0.1, 0.15) is 6.07 Å². The van der Waals surface area contributed by atoms with Gasteiger partial charge >= 0.3 is 0 Å². The highest BCUT2D eigenvalue weighted by molar-refractivity contribution is 5.68. The Kier molecular flexibility index (Phi) is 3.70. The normalized spacial score (nSPS) is 10.3. The molecule has 2 aromatic heterocycles. The minimum atomic E-state index is 0.556. The summed E-state index contributed by atoms with van der Waals surface area (Å²) in [6.07, 6.45) is 1.62. The Balaban J connectivity index is 1.99. The molecule has 0 saturated heterocycles. The van der Waals surface area contributed by atoms with Crippen LogP contribution in [0.5, 0.6) is 0 Å². The molecule has 0 amide bonds. The van der Waals surface area contributed by atoms with Gasteiger partial charge in [-0.05, 0) is 37.6 Å². The fraction of sp³-hybridized carbons (Fsp3) is 0.167. The van der Waals surface area contributed by atoms with Crippen molar-refractivity contribution in [1.29, 1.82) is 10.5 Å². The quantitative estimate of drug-likeness (QED) is 0.806. The van der Waals surface area contributed by atoms with E-state index in [9.17, 15) is 0 Å². The second-order valence-electron chi connectivity index (χ2n) is 5.42. The maximum absolute atomic E-state index is 9.11. The fourth-order valence-electron chi connectivity index (χ4n) is 2.75. The van der Waals surface area contributed by atoms with E-state index in [1.807, 2.05) is 31.2 Å². The predicted octanol–water partition coefficient (Wildman–Crippen LogP) is 3.29. The smallest absolute Gasteiger partial charge is 0.103 e. The van der Waals surface area contributed by atoms with E-state index in [1.54, 1.807) is 6.20 Å². The summed E-state index contributed by atoms with van der Waals surface area (Å²) < 4.78 is 2.14. The zero-order valence-electron chi connectivity index (χ0n) is 13.0. The molecule has 0 unspecified atom stereocenters. The number of nitrogens with one attached hydrogen (secondary N) is 1. The SMILES string of the molecule is Cc1cc(-c2ccc(C#N)cc2)c(C)n1Cc1n[nH]cc1C#N. The van der Waals surface area contributed by atoms with Gasteiger partial charge in [-0.25, -0.2) is 0 Å². The first kappa shape index (κ1) is 14.6. The van der Waals surface area contributed by atoms with Crippen LogP contribution in [0.25, 0.3) is 11.1 Å². The second-order valence-corrected chi connectivity index (χ2v) is 5.42. The topological polar surface area (TPSA) is 81.2 Å². The third-order valence-electron chi connectivity index (χ3n) is 4.05. The monoisotopic (exact) mass is 301 g/mol. The Bertz CT molecular complexity index is 929. The molecule has 0 aliphatic rings. The third-order valence-corrected chi connectivity index (χ3v) is 4.05. The van der Waals surface area contributed by atoms with Crippen molar-refractivity contribution in [3.8, 4) is 23.3 Å². The van der Waals surface area contributed by atoms with Crippen LogP contribution in [0.3, 0.4) is 0 Å². The number of aryl methyl sites for hydroxylation is 1. The average Bonchev–Trinajstić information content (AvgIpc) is 3.14. The molecule has 3 rings (SSSR count). The summed E-state index contributed by atoms with van der Waals surface area (Å²) in [6, 6.07) is 14.0. The minimum absolute atomic E-state index is 0.556. The lowest BCUT2D eigenvalue weighted by atomic mass is 10.0.